The van der Waals surface area contributed by atoms with Crippen LogP contribution >= 0.6 is 24.0 Å². The molecule has 0 radical (unpaired) electrons. The van der Waals surface area contributed by atoms with Crippen LogP contribution in [0.2, 0.25) is 0 Å². The number of hydrogen-bond donors (Lipinski definition) is 2. The van der Waals surface area contributed by atoms with Crippen molar-refractivity contribution >= 4 is 29.9 Å². The Balaban J connectivity index is 0.00000364. The fraction of sp³-hybridized carbons (Fsp3) is 0.526. The van der Waals surface area contributed by atoms with Crippen LogP contribution in [0.4, 0.5) is 0 Å². The lowest BCUT2D eigenvalue weighted by Crippen LogP contribution is -2.38. The highest BCUT2D eigenvalue weighted by Gasteiger charge is 2.06. The number of aliphatic imine (C=N–C) groups is 1. The summed E-state index contributed by atoms with van der Waals surface area (Å²) >= 11 is 0. The van der Waals surface area contributed by atoms with Gasteiger partial charge in [0.05, 0.1) is 13.1 Å². The first-order valence-corrected chi connectivity index (χ1v) is 9.10. The Morgan fingerprint density at radius 2 is 2.04 bits per heavy atom. The summed E-state index contributed by atoms with van der Waals surface area (Å²) in [5.41, 5.74) is 2.43. The summed E-state index contributed by atoms with van der Waals surface area (Å²) in [6, 6.07) is 8.40. The second-order valence-electron chi connectivity index (χ2n) is 6.21. The summed E-state index contributed by atoms with van der Waals surface area (Å²) < 4.78 is 7.36. The second kappa shape index (κ2) is 12.7. The monoisotopic (exact) mass is 486 g/mol. The summed E-state index contributed by atoms with van der Waals surface area (Å²) in [5.74, 6) is 2.54. The molecule has 0 aliphatic carbocycles. The number of guanidine groups is 1. The van der Waals surface area contributed by atoms with Crippen LogP contribution in [0.15, 0.2) is 29.3 Å². The average Bonchev–Trinajstić information content (AvgIpc) is 2.95. The van der Waals surface area contributed by atoms with Crippen LogP contribution in [-0.4, -0.2) is 40.5 Å². The molecule has 0 bridgehead atoms. The maximum absolute atomic E-state index is 5.38. The number of benzene rings is 1. The number of hydrogen-bond acceptors (Lipinski definition) is 4. The number of ether oxygens (including phenoxy) is 1. The number of rotatable bonds is 9. The normalized spacial score (nSPS) is 11.2. The summed E-state index contributed by atoms with van der Waals surface area (Å²) in [6.07, 6.45) is 0.933. The smallest absolute Gasteiger partial charge is 0.191 e. The molecule has 0 saturated heterocycles. The molecule has 8 heteroatoms. The minimum atomic E-state index is 0. The van der Waals surface area contributed by atoms with E-state index in [9.17, 15) is 0 Å². The van der Waals surface area contributed by atoms with E-state index in [-0.39, 0.29) is 24.0 Å². The second-order valence-corrected chi connectivity index (χ2v) is 6.21. The third-order valence-corrected chi connectivity index (χ3v) is 4.06. The highest BCUT2D eigenvalue weighted by molar-refractivity contribution is 14.0. The van der Waals surface area contributed by atoms with Crippen molar-refractivity contribution in [3.63, 3.8) is 0 Å². The van der Waals surface area contributed by atoms with Gasteiger partial charge in [-0.2, -0.15) is 0 Å². The summed E-state index contributed by atoms with van der Waals surface area (Å²) in [4.78, 5) is 4.70. The Labute approximate surface area is 179 Å². The van der Waals surface area contributed by atoms with Crippen LogP contribution < -0.4 is 10.6 Å². The highest BCUT2D eigenvalue weighted by atomic mass is 127. The molecule has 27 heavy (non-hydrogen) atoms. The molecule has 1 aromatic carbocycles. The lowest BCUT2D eigenvalue weighted by molar-refractivity contribution is 0.145. The van der Waals surface area contributed by atoms with Gasteiger partial charge in [-0.1, -0.05) is 29.8 Å². The molecule has 2 N–H and O–H groups in total. The highest BCUT2D eigenvalue weighted by Crippen LogP contribution is 2.05. The SMILES string of the molecule is CCOCCCNC(=NCc1cccc(C)c1)NCc1nnc(C)n1C.I. The van der Waals surface area contributed by atoms with Gasteiger partial charge in [0.2, 0.25) is 0 Å². The van der Waals surface area contributed by atoms with Crippen molar-refractivity contribution < 1.29 is 4.74 Å². The molecule has 0 atom stereocenters. The van der Waals surface area contributed by atoms with Crippen LogP contribution in [0.25, 0.3) is 0 Å². The Bertz CT molecular complexity index is 716. The van der Waals surface area contributed by atoms with Crippen LogP contribution in [0.1, 0.15) is 36.1 Å². The van der Waals surface area contributed by atoms with Crippen molar-refractivity contribution in [1.29, 1.82) is 0 Å². The van der Waals surface area contributed by atoms with E-state index in [1.165, 1.54) is 11.1 Å². The quantitative estimate of drug-likeness (QED) is 0.247. The van der Waals surface area contributed by atoms with Gasteiger partial charge in [-0.25, -0.2) is 4.99 Å². The lowest BCUT2D eigenvalue weighted by atomic mass is 10.1. The van der Waals surface area contributed by atoms with E-state index >= 15 is 0 Å². The molecular formula is C19H31IN6O. The minimum Gasteiger partial charge on any atom is -0.382 e. The molecule has 0 unspecified atom stereocenters. The van der Waals surface area contributed by atoms with Crippen LogP contribution in [0.5, 0.6) is 0 Å². The topological polar surface area (TPSA) is 76.4 Å². The number of nitrogens with one attached hydrogen (secondary N) is 2. The first kappa shape index (κ1) is 23.4. The van der Waals surface area contributed by atoms with Gasteiger partial charge in [-0.15, -0.1) is 34.2 Å². The van der Waals surface area contributed by atoms with Crippen molar-refractivity contribution in [2.24, 2.45) is 12.0 Å². The van der Waals surface area contributed by atoms with E-state index < -0.39 is 0 Å². The number of nitrogens with zero attached hydrogens (tertiary/aromatic N) is 4. The number of aryl methyl sites for hydroxylation is 2. The Morgan fingerprint density at radius 1 is 1.22 bits per heavy atom. The van der Waals surface area contributed by atoms with E-state index in [4.69, 9.17) is 9.73 Å². The van der Waals surface area contributed by atoms with Crippen molar-refractivity contribution in [2.75, 3.05) is 19.8 Å². The predicted molar refractivity (Wildman–Crippen MR) is 119 cm³/mol. The molecule has 1 heterocycles. The first-order chi connectivity index (χ1) is 12.6. The van der Waals surface area contributed by atoms with Gasteiger partial charge in [0.15, 0.2) is 11.8 Å². The van der Waals surface area contributed by atoms with E-state index in [1.807, 2.05) is 25.5 Å². The van der Waals surface area contributed by atoms with Crippen LogP contribution in [0, 0.1) is 13.8 Å². The van der Waals surface area contributed by atoms with E-state index in [0.717, 1.165) is 43.8 Å². The molecule has 0 aliphatic rings. The van der Waals surface area contributed by atoms with Crippen LogP contribution in [0.3, 0.4) is 0 Å². The molecule has 7 nitrogen and oxygen atoms in total. The van der Waals surface area contributed by atoms with Crippen molar-refractivity contribution in [1.82, 2.24) is 25.4 Å². The Kier molecular flexibility index (Phi) is 11.0. The summed E-state index contributed by atoms with van der Waals surface area (Å²) in [7, 11) is 1.96. The molecule has 0 fully saturated rings. The summed E-state index contributed by atoms with van der Waals surface area (Å²) in [5, 5.41) is 15.0. The van der Waals surface area contributed by atoms with Gasteiger partial charge in [-0.3, -0.25) is 0 Å². The third-order valence-electron chi connectivity index (χ3n) is 4.06. The molecule has 0 spiro atoms. The minimum absolute atomic E-state index is 0. The van der Waals surface area contributed by atoms with E-state index in [2.05, 4.69) is 52.0 Å². The first-order valence-electron chi connectivity index (χ1n) is 9.10. The molecule has 2 aromatic rings. The summed E-state index contributed by atoms with van der Waals surface area (Å²) in [6.45, 7) is 9.53. The van der Waals surface area contributed by atoms with Gasteiger partial charge >= 0.3 is 0 Å². The van der Waals surface area contributed by atoms with Gasteiger partial charge in [0.25, 0.3) is 0 Å². The third kappa shape index (κ3) is 8.25. The van der Waals surface area contributed by atoms with Gasteiger partial charge < -0.3 is 19.9 Å². The van der Waals surface area contributed by atoms with E-state index in [0.29, 0.717) is 13.1 Å². The molecule has 2 rings (SSSR count). The zero-order valence-electron chi connectivity index (χ0n) is 16.7. The fourth-order valence-electron chi connectivity index (χ4n) is 2.45. The predicted octanol–water partition coefficient (Wildman–Crippen LogP) is 2.71. The zero-order chi connectivity index (χ0) is 18.8. The van der Waals surface area contributed by atoms with Gasteiger partial charge in [0.1, 0.15) is 5.82 Å². The average molecular weight is 486 g/mol. The molecule has 0 aliphatic heterocycles. The lowest BCUT2D eigenvalue weighted by Gasteiger charge is -2.13. The molecule has 1 aromatic heterocycles. The maximum atomic E-state index is 5.38. The van der Waals surface area contributed by atoms with Crippen LogP contribution in [-0.2, 0) is 24.9 Å². The fourth-order valence-corrected chi connectivity index (χ4v) is 2.45. The largest absolute Gasteiger partial charge is 0.382 e. The van der Waals surface area contributed by atoms with Gasteiger partial charge in [0, 0.05) is 26.8 Å². The molecule has 0 saturated carbocycles. The standard InChI is InChI=1S/C19H30N6O.HI/c1-5-26-11-7-10-20-19(21-13-17-9-6-8-15(2)12-17)22-14-18-24-23-16(3)25(18)4;/h6,8-9,12H,5,7,10-11,13-14H2,1-4H3,(H2,20,21,22);1H. The molecular weight excluding hydrogens is 455 g/mol. The number of aromatic nitrogens is 3. The van der Waals surface area contributed by atoms with Gasteiger partial charge in [-0.05, 0) is 32.8 Å². The van der Waals surface area contributed by atoms with Crippen molar-refractivity contribution in [2.45, 2.75) is 40.3 Å². The molecule has 0 amide bonds. The Morgan fingerprint density at radius 3 is 2.70 bits per heavy atom. The van der Waals surface area contributed by atoms with Crippen molar-refractivity contribution in [3.05, 3.63) is 47.0 Å². The molecule has 150 valence electrons. The maximum Gasteiger partial charge on any atom is 0.191 e. The van der Waals surface area contributed by atoms with E-state index in [1.54, 1.807) is 0 Å². The Hall–Kier alpha value is -1.68. The van der Waals surface area contributed by atoms with Crippen molar-refractivity contribution in [3.8, 4) is 0 Å². The number of halogens is 1. The zero-order valence-corrected chi connectivity index (χ0v) is 19.0.